The minimum Gasteiger partial charge on any atom is -0.300 e. The van der Waals surface area contributed by atoms with Gasteiger partial charge in [-0.25, -0.2) is 0 Å². The van der Waals surface area contributed by atoms with Gasteiger partial charge in [-0.15, -0.1) is 0 Å². The molecule has 4 saturated carbocycles. The van der Waals surface area contributed by atoms with Crippen LogP contribution in [0.2, 0.25) is 0 Å². The molecule has 0 aromatic carbocycles. The molecule has 0 amide bonds. The summed E-state index contributed by atoms with van der Waals surface area (Å²) in [7, 11) is 0. The lowest BCUT2D eigenvalue weighted by molar-refractivity contribution is -0.119. The molecule has 0 saturated heterocycles. The van der Waals surface area contributed by atoms with E-state index >= 15 is 0 Å². The summed E-state index contributed by atoms with van der Waals surface area (Å²) in [5.74, 6) is 6.48. The Hall–Kier alpha value is -0.330. The van der Waals surface area contributed by atoms with E-state index in [-0.39, 0.29) is 0 Å². The third-order valence-corrected chi connectivity index (χ3v) is 7.36. The van der Waals surface area contributed by atoms with Gasteiger partial charge >= 0.3 is 0 Å². The van der Waals surface area contributed by atoms with Crippen molar-refractivity contribution in [1.82, 2.24) is 0 Å². The maximum atomic E-state index is 12.2. The second-order valence-corrected chi connectivity index (χ2v) is 8.49. The molecule has 0 unspecified atom stereocenters. The van der Waals surface area contributed by atoms with Crippen molar-refractivity contribution in [2.75, 3.05) is 0 Å². The van der Waals surface area contributed by atoms with Crippen LogP contribution in [0.3, 0.4) is 0 Å². The first-order valence-electron chi connectivity index (χ1n) is 9.29. The van der Waals surface area contributed by atoms with Crippen molar-refractivity contribution in [3.63, 3.8) is 0 Å². The predicted molar refractivity (Wildman–Crippen MR) is 81.4 cm³/mol. The number of carbonyl (C=O) groups excluding carboxylic acids is 1. The van der Waals surface area contributed by atoms with Gasteiger partial charge in [0.15, 0.2) is 0 Å². The Morgan fingerprint density at radius 1 is 0.700 bits per heavy atom. The van der Waals surface area contributed by atoms with Crippen molar-refractivity contribution in [3.05, 3.63) is 0 Å². The molecule has 4 aliphatic carbocycles. The molecule has 0 radical (unpaired) electrons. The largest absolute Gasteiger partial charge is 0.300 e. The number of hydrogen-bond donors (Lipinski definition) is 0. The van der Waals surface area contributed by atoms with Crippen molar-refractivity contribution in [1.29, 1.82) is 0 Å². The molecule has 4 aliphatic rings. The van der Waals surface area contributed by atoms with Gasteiger partial charge in [0.2, 0.25) is 0 Å². The van der Waals surface area contributed by atoms with Crippen LogP contribution in [0.1, 0.15) is 77.0 Å². The van der Waals surface area contributed by atoms with E-state index in [1.54, 1.807) is 0 Å². The van der Waals surface area contributed by atoms with Gasteiger partial charge in [0.1, 0.15) is 5.78 Å². The first-order chi connectivity index (χ1) is 9.78. The summed E-state index contributed by atoms with van der Waals surface area (Å²) in [4.78, 5) is 12.2. The molecule has 1 heteroatoms. The van der Waals surface area contributed by atoms with Crippen molar-refractivity contribution in [2.45, 2.75) is 77.0 Å². The molecule has 1 nitrogen and oxygen atoms in total. The smallest absolute Gasteiger partial charge is 0.132 e. The molecular formula is C19H30O. The molecule has 0 heterocycles. The van der Waals surface area contributed by atoms with E-state index < -0.39 is 0 Å². The maximum absolute atomic E-state index is 12.2. The van der Waals surface area contributed by atoms with Crippen LogP contribution in [0.25, 0.3) is 0 Å². The van der Waals surface area contributed by atoms with Gasteiger partial charge in [-0.1, -0.05) is 12.8 Å². The Bertz CT molecular complexity index is 340. The van der Waals surface area contributed by atoms with E-state index in [0.29, 0.717) is 5.78 Å². The van der Waals surface area contributed by atoms with Crippen LogP contribution in [0, 0.1) is 35.5 Å². The molecule has 4 fully saturated rings. The van der Waals surface area contributed by atoms with Gasteiger partial charge in [0.25, 0.3) is 0 Å². The van der Waals surface area contributed by atoms with Crippen LogP contribution >= 0.6 is 0 Å². The van der Waals surface area contributed by atoms with E-state index in [0.717, 1.165) is 48.3 Å². The second kappa shape index (κ2) is 5.46. The van der Waals surface area contributed by atoms with Gasteiger partial charge in [0, 0.05) is 12.8 Å². The topological polar surface area (TPSA) is 17.1 Å². The first kappa shape index (κ1) is 13.3. The molecule has 112 valence electrons. The summed E-state index contributed by atoms with van der Waals surface area (Å²) < 4.78 is 0. The number of ketones is 1. The fraction of sp³-hybridized carbons (Fsp3) is 0.947. The summed E-state index contributed by atoms with van der Waals surface area (Å²) in [6, 6.07) is 0. The Kier molecular flexibility index (Phi) is 3.64. The average Bonchev–Trinajstić information content (AvgIpc) is 3.21. The summed E-state index contributed by atoms with van der Waals surface area (Å²) in [6.45, 7) is 0. The molecule has 0 spiro atoms. The predicted octanol–water partition coefficient (Wildman–Crippen LogP) is 4.99. The lowest BCUT2D eigenvalue weighted by Gasteiger charge is -2.22. The molecule has 0 aromatic rings. The average molecular weight is 274 g/mol. The van der Waals surface area contributed by atoms with Crippen molar-refractivity contribution < 1.29 is 4.79 Å². The molecule has 4 bridgehead atoms. The molecule has 20 heavy (non-hydrogen) atoms. The van der Waals surface area contributed by atoms with Crippen LogP contribution in [0.5, 0.6) is 0 Å². The van der Waals surface area contributed by atoms with E-state index in [4.69, 9.17) is 0 Å². The van der Waals surface area contributed by atoms with Crippen molar-refractivity contribution >= 4 is 5.78 Å². The monoisotopic (exact) mass is 274 g/mol. The Morgan fingerprint density at radius 3 is 1.55 bits per heavy atom. The molecule has 0 aliphatic heterocycles. The zero-order chi connectivity index (χ0) is 13.5. The van der Waals surface area contributed by atoms with Crippen LogP contribution < -0.4 is 0 Å². The third kappa shape index (κ3) is 2.57. The molecule has 0 aromatic heterocycles. The highest BCUT2D eigenvalue weighted by Gasteiger charge is 2.40. The molecule has 4 rings (SSSR count). The summed E-state index contributed by atoms with van der Waals surface area (Å²) >= 11 is 0. The lowest BCUT2D eigenvalue weighted by atomic mass is 9.83. The van der Waals surface area contributed by atoms with Gasteiger partial charge in [-0.05, 0) is 86.9 Å². The van der Waals surface area contributed by atoms with Crippen LogP contribution in [0.4, 0.5) is 0 Å². The van der Waals surface area contributed by atoms with E-state index in [2.05, 4.69) is 0 Å². The zero-order valence-corrected chi connectivity index (χ0v) is 12.9. The Balaban J connectivity index is 1.16. The van der Waals surface area contributed by atoms with Crippen molar-refractivity contribution in [3.8, 4) is 0 Å². The van der Waals surface area contributed by atoms with Gasteiger partial charge in [-0.3, -0.25) is 4.79 Å². The van der Waals surface area contributed by atoms with Gasteiger partial charge < -0.3 is 0 Å². The second-order valence-electron chi connectivity index (χ2n) is 8.49. The summed E-state index contributed by atoms with van der Waals surface area (Å²) in [5, 5.41) is 0. The fourth-order valence-corrected chi connectivity index (χ4v) is 6.28. The highest BCUT2D eigenvalue weighted by molar-refractivity contribution is 5.78. The number of fused-ring (bicyclic) bond motifs is 4. The summed E-state index contributed by atoms with van der Waals surface area (Å²) in [5.41, 5.74) is 0. The first-order valence-corrected chi connectivity index (χ1v) is 9.29. The number of carbonyl (C=O) groups is 1. The molecular weight excluding hydrogens is 244 g/mol. The Labute approximate surface area is 123 Å². The number of hydrogen-bond acceptors (Lipinski definition) is 1. The van der Waals surface area contributed by atoms with Crippen molar-refractivity contribution in [2.24, 2.45) is 35.5 Å². The van der Waals surface area contributed by atoms with Crippen LogP contribution in [0.15, 0.2) is 0 Å². The standard InChI is InChI=1S/C19H30O/c20-19(7-5-17-11-13-1-3-15(17)9-13)8-6-18-12-14-2-4-16(18)10-14/h13-18H,1-12H2/t13-,14-,15-,16-,17+,18+/m0/s1. The van der Waals surface area contributed by atoms with E-state index in [1.165, 1.54) is 64.2 Å². The summed E-state index contributed by atoms with van der Waals surface area (Å²) in [6.07, 6.45) is 16.0. The number of Topliss-reactive ketones (excluding diaryl/α,β-unsaturated/α-hetero) is 1. The highest BCUT2D eigenvalue weighted by Crippen LogP contribution is 2.51. The molecule has 6 atom stereocenters. The zero-order valence-electron chi connectivity index (χ0n) is 12.9. The third-order valence-electron chi connectivity index (χ3n) is 7.36. The number of rotatable bonds is 6. The lowest BCUT2D eigenvalue weighted by Crippen LogP contribution is -2.14. The van der Waals surface area contributed by atoms with Gasteiger partial charge in [0.05, 0.1) is 0 Å². The highest BCUT2D eigenvalue weighted by atomic mass is 16.1. The maximum Gasteiger partial charge on any atom is 0.132 e. The minimum absolute atomic E-state index is 0.579. The fourth-order valence-electron chi connectivity index (χ4n) is 6.28. The van der Waals surface area contributed by atoms with Crippen LogP contribution in [-0.2, 0) is 4.79 Å². The van der Waals surface area contributed by atoms with E-state index in [9.17, 15) is 4.79 Å². The normalized spacial score (nSPS) is 45.4. The molecule has 0 N–H and O–H groups in total. The van der Waals surface area contributed by atoms with Crippen LogP contribution in [-0.4, -0.2) is 5.78 Å². The van der Waals surface area contributed by atoms with E-state index in [1.807, 2.05) is 0 Å². The Morgan fingerprint density at radius 2 is 1.20 bits per heavy atom. The van der Waals surface area contributed by atoms with Gasteiger partial charge in [-0.2, -0.15) is 0 Å². The SMILES string of the molecule is O=C(CC[C@@H]1C[C@H]2CC[C@H]1C2)CC[C@@H]1C[C@H]2CC[C@H]1C2. The quantitative estimate of drug-likeness (QED) is 0.667. The minimum atomic E-state index is 0.579.